The van der Waals surface area contributed by atoms with Crippen LogP contribution in [-0.2, 0) is 21.7 Å². The van der Waals surface area contributed by atoms with E-state index in [0.717, 1.165) is 22.8 Å². The summed E-state index contributed by atoms with van der Waals surface area (Å²) in [5, 5.41) is 0. The first-order chi connectivity index (χ1) is 12.9. The van der Waals surface area contributed by atoms with Crippen molar-refractivity contribution < 1.29 is 46.5 Å². The molecule has 0 saturated carbocycles. The maximum absolute atomic E-state index is 4.26. The minimum Gasteiger partial charge on any atom is -1.00 e. The molecule has 0 fully saturated rings. The summed E-state index contributed by atoms with van der Waals surface area (Å²) in [6.07, 6.45) is 7.03. The Balaban J connectivity index is 0.000000490. The van der Waals surface area contributed by atoms with Crippen LogP contribution in [0.1, 0.15) is 11.4 Å². The third kappa shape index (κ3) is 10.1. The van der Waals surface area contributed by atoms with Crippen molar-refractivity contribution >= 4 is 23.8 Å². The quantitative estimate of drug-likeness (QED) is 0.286. The van der Waals surface area contributed by atoms with Gasteiger partial charge in [0.2, 0.25) is 0 Å². The number of aromatic nitrogens is 2. The number of para-hydroxylation sites is 2. The van der Waals surface area contributed by atoms with Crippen LogP contribution in [0.25, 0.3) is 0 Å². The molecule has 4 nitrogen and oxygen atoms in total. The minimum atomic E-state index is 0. The van der Waals surface area contributed by atoms with E-state index in [1.165, 1.54) is 0 Å². The van der Waals surface area contributed by atoms with Crippen LogP contribution in [0, 0.1) is 0 Å². The van der Waals surface area contributed by atoms with E-state index in [-0.39, 0.29) is 46.5 Å². The van der Waals surface area contributed by atoms with Crippen LogP contribution in [0.4, 0.5) is 11.4 Å². The molecule has 0 N–H and O–H groups in total. The molecule has 0 unspecified atom stereocenters. The topological polar surface area (TPSA) is 52.9 Å². The molecule has 0 radical (unpaired) electrons. The summed E-state index contributed by atoms with van der Waals surface area (Å²) in [5.74, 6) is 0. The molecule has 0 aliphatic rings. The maximum atomic E-state index is 4.26. The van der Waals surface area contributed by atoms with Crippen LogP contribution in [0.5, 0.6) is 0 Å². The van der Waals surface area contributed by atoms with Crippen LogP contribution < -0.4 is 34.8 Å². The van der Waals surface area contributed by atoms with E-state index >= 15 is 0 Å². The smallest absolute Gasteiger partial charge is 1.00 e. The van der Waals surface area contributed by atoms with Gasteiger partial charge in [0.25, 0.3) is 0 Å². The van der Waals surface area contributed by atoms with Gasteiger partial charge in [-0.25, -0.2) is 0 Å². The van der Waals surface area contributed by atoms with E-state index in [0.29, 0.717) is 0 Å². The van der Waals surface area contributed by atoms with Crippen LogP contribution >= 0.6 is 0 Å². The van der Waals surface area contributed by atoms with Crippen molar-refractivity contribution in [3.8, 4) is 0 Å². The molecule has 0 bridgehead atoms. The zero-order valence-electron chi connectivity index (χ0n) is 15.4. The number of nitrogens with zero attached hydrogens (tertiary/aromatic N) is 4. The van der Waals surface area contributed by atoms with Crippen molar-refractivity contribution in [3.63, 3.8) is 0 Å². The summed E-state index contributed by atoms with van der Waals surface area (Å²) in [5.41, 5.74) is 3.68. The molecule has 0 aliphatic heterocycles. The molecule has 144 valence electrons. The van der Waals surface area contributed by atoms with Crippen LogP contribution in [-0.4, -0.2) is 12.4 Å². The summed E-state index contributed by atoms with van der Waals surface area (Å²) in [7, 11) is 0. The van der Waals surface area contributed by atoms with E-state index in [4.69, 9.17) is 0 Å². The van der Waals surface area contributed by atoms with Crippen molar-refractivity contribution in [1.29, 1.82) is 0 Å². The van der Waals surface area contributed by atoms with Gasteiger partial charge in [0.05, 0.1) is 11.4 Å². The first-order valence-electron chi connectivity index (χ1n) is 8.24. The zero-order valence-corrected chi connectivity index (χ0v) is 18.5. The van der Waals surface area contributed by atoms with Crippen molar-refractivity contribution in [2.75, 3.05) is 0 Å². The fraction of sp³-hybridized carbons (Fsp3) is 0. The van der Waals surface area contributed by atoms with Crippen molar-refractivity contribution in [2.24, 2.45) is 9.98 Å². The van der Waals surface area contributed by atoms with Crippen molar-refractivity contribution in [1.82, 2.24) is 9.97 Å². The Labute approximate surface area is 198 Å². The fourth-order valence-electron chi connectivity index (χ4n) is 2.09. The molecule has 29 heavy (non-hydrogen) atoms. The van der Waals surface area contributed by atoms with Gasteiger partial charge in [-0.15, -0.1) is 11.4 Å². The maximum Gasteiger partial charge on any atom is 4.00 e. The average molecular weight is 457 g/mol. The van der Waals surface area contributed by atoms with Crippen molar-refractivity contribution in [2.45, 2.75) is 0 Å². The summed E-state index contributed by atoms with van der Waals surface area (Å²) >= 11 is 0. The van der Waals surface area contributed by atoms with E-state index in [1.807, 2.05) is 84.9 Å². The second kappa shape index (κ2) is 15.5. The monoisotopic (exact) mass is 456 g/mol. The van der Waals surface area contributed by atoms with Gasteiger partial charge in [-0.3, -0.25) is 9.98 Å². The third-order valence-corrected chi connectivity index (χ3v) is 3.36. The Kier molecular flexibility index (Phi) is 14.3. The molecule has 0 aliphatic carbocycles. The standard InChI is InChI=1S/2C11H9N2.2ClH.Ti/c2*1-2-5-10(6-3-1)13-9-11-7-4-8-12-11;;;/h2*1-9H;2*1H;/q2*-1;;;+4/p-2. The number of hydrogen-bond donors (Lipinski definition) is 0. The molecule has 7 heteroatoms. The second-order valence-corrected chi connectivity index (χ2v) is 5.31. The first kappa shape index (κ1) is 26.6. The van der Waals surface area contributed by atoms with Crippen molar-refractivity contribution in [3.05, 3.63) is 109 Å². The molecule has 0 atom stereocenters. The summed E-state index contributed by atoms with van der Waals surface area (Å²) < 4.78 is 0. The predicted octanol–water partition coefficient (Wildman–Crippen LogP) is -1.21. The molecule has 0 saturated heterocycles. The second-order valence-electron chi connectivity index (χ2n) is 5.31. The SMILES string of the molecule is C(=Nc1ccccc1)c1ccc[n-]1.C(=Nc1ccccc1)c1ccc[n-]1.[Cl-].[Cl-].[Ti+4]. The number of halogens is 2. The first-order valence-corrected chi connectivity index (χ1v) is 8.24. The Morgan fingerprint density at radius 1 is 0.517 bits per heavy atom. The average Bonchev–Trinajstić information content (AvgIpc) is 3.41. The Hall–Kier alpha value is -2.37. The molecular weight excluding hydrogens is 439 g/mol. The van der Waals surface area contributed by atoms with E-state index in [2.05, 4.69) is 20.0 Å². The summed E-state index contributed by atoms with van der Waals surface area (Å²) in [4.78, 5) is 16.7. The molecule has 2 aromatic heterocycles. The molecule has 0 spiro atoms. The van der Waals surface area contributed by atoms with E-state index in [1.54, 1.807) is 24.8 Å². The van der Waals surface area contributed by atoms with Crippen LogP contribution in [0.2, 0.25) is 0 Å². The molecule has 4 rings (SSSR count). The van der Waals surface area contributed by atoms with Gasteiger partial charge in [-0.1, -0.05) is 60.7 Å². The van der Waals surface area contributed by atoms with E-state index in [9.17, 15) is 0 Å². The fourth-order valence-corrected chi connectivity index (χ4v) is 2.09. The Morgan fingerprint density at radius 2 is 0.897 bits per heavy atom. The molecule has 2 heterocycles. The normalized spacial score (nSPS) is 9.66. The Morgan fingerprint density at radius 3 is 1.21 bits per heavy atom. The largest absolute Gasteiger partial charge is 4.00 e. The van der Waals surface area contributed by atoms with Crippen LogP contribution in [0.15, 0.2) is 107 Å². The summed E-state index contributed by atoms with van der Waals surface area (Å²) in [6.45, 7) is 0. The van der Waals surface area contributed by atoms with E-state index < -0.39 is 0 Å². The van der Waals surface area contributed by atoms with Gasteiger partial charge in [0.1, 0.15) is 0 Å². The number of rotatable bonds is 4. The van der Waals surface area contributed by atoms with Gasteiger partial charge in [-0.05, 0) is 24.3 Å². The summed E-state index contributed by atoms with van der Waals surface area (Å²) in [6, 6.07) is 27.3. The third-order valence-electron chi connectivity index (χ3n) is 3.36. The zero-order chi connectivity index (χ0) is 17.9. The molecule has 2 aromatic carbocycles. The molecule has 4 aromatic rings. The number of hydrogen-bond acceptors (Lipinski definition) is 2. The van der Waals surface area contributed by atoms with Gasteiger partial charge in [0.15, 0.2) is 0 Å². The predicted molar refractivity (Wildman–Crippen MR) is 107 cm³/mol. The van der Waals surface area contributed by atoms with Gasteiger partial charge in [0, 0.05) is 12.4 Å². The molecule has 0 amide bonds. The number of aliphatic imine (C=N–C) groups is 2. The minimum absolute atomic E-state index is 0. The number of benzene rings is 2. The Bertz CT molecular complexity index is 844. The van der Waals surface area contributed by atoms with Gasteiger partial charge < -0.3 is 34.8 Å². The molecular formula is C22H18Cl2N4Ti. The van der Waals surface area contributed by atoms with Crippen LogP contribution in [0.3, 0.4) is 0 Å². The van der Waals surface area contributed by atoms with Gasteiger partial charge in [-0.2, -0.15) is 12.4 Å². The van der Waals surface area contributed by atoms with Gasteiger partial charge >= 0.3 is 21.7 Å².